The van der Waals surface area contributed by atoms with E-state index in [1.165, 1.54) is 37.1 Å². The molecule has 2 aromatic carbocycles. The Morgan fingerprint density at radius 1 is 1.15 bits per heavy atom. The monoisotopic (exact) mass is 364 g/mol. The van der Waals surface area contributed by atoms with Gasteiger partial charge in [0.1, 0.15) is 0 Å². The van der Waals surface area contributed by atoms with E-state index in [4.69, 9.17) is 0 Å². The molecule has 0 radical (unpaired) electrons. The van der Waals surface area contributed by atoms with E-state index in [-0.39, 0.29) is 11.9 Å². The molecule has 3 rings (SSSR count). The first-order valence-electron chi connectivity index (χ1n) is 10.2. The summed E-state index contributed by atoms with van der Waals surface area (Å²) >= 11 is 0. The van der Waals surface area contributed by atoms with Crippen LogP contribution in [0.4, 0.5) is 0 Å². The normalized spacial score (nSPS) is 18.9. The lowest BCUT2D eigenvalue weighted by atomic mass is 9.99. The number of aryl methyl sites for hydroxylation is 1. The van der Waals surface area contributed by atoms with Gasteiger partial charge in [-0.05, 0) is 61.9 Å². The zero-order valence-corrected chi connectivity index (χ0v) is 16.9. The predicted octanol–water partition coefficient (Wildman–Crippen LogP) is 5.11. The van der Waals surface area contributed by atoms with Crippen molar-refractivity contribution in [1.82, 2.24) is 10.2 Å². The number of nitrogens with zero attached hydrogens (tertiary/aromatic N) is 1. The Balaban J connectivity index is 1.60. The maximum absolute atomic E-state index is 12.7. The molecule has 3 heteroatoms. The van der Waals surface area contributed by atoms with Gasteiger partial charge in [-0.15, -0.1) is 0 Å². The standard InChI is InChI=1S/C24H32N2O/c1-4-23(21-11-7-18(2)8-12-21)25-24(27)22-13-9-20(10-14-22)17-26-15-5-6-19(3)16-26/h7-14,19,23H,4-6,15-17H2,1-3H3,(H,25,27)/t19-,23+/m0/s1. The summed E-state index contributed by atoms with van der Waals surface area (Å²) in [5, 5.41) is 3.18. The Labute approximate surface area is 163 Å². The largest absolute Gasteiger partial charge is 0.345 e. The third kappa shape index (κ3) is 5.43. The van der Waals surface area contributed by atoms with Crippen LogP contribution in [0.3, 0.4) is 0 Å². The molecule has 0 saturated carbocycles. The molecule has 1 aliphatic rings. The van der Waals surface area contributed by atoms with Crippen molar-refractivity contribution in [2.75, 3.05) is 13.1 Å². The molecule has 1 aliphatic heterocycles. The average Bonchev–Trinajstić information content (AvgIpc) is 2.67. The second-order valence-electron chi connectivity index (χ2n) is 8.02. The van der Waals surface area contributed by atoms with Crippen molar-refractivity contribution < 1.29 is 4.79 Å². The summed E-state index contributed by atoms with van der Waals surface area (Å²) in [4.78, 5) is 15.2. The second-order valence-corrected chi connectivity index (χ2v) is 8.02. The van der Waals surface area contributed by atoms with Crippen molar-refractivity contribution >= 4 is 5.91 Å². The first-order valence-corrected chi connectivity index (χ1v) is 10.2. The predicted molar refractivity (Wildman–Crippen MR) is 112 cm³/mol. The van der Waals surface area contributed by atoms with Gasteiger partial charge in [0.25, 0.3) is 5.91 Å². The van der Waals surface area contributed by atoms with E-state index in [1.807, 2.05) is 12.1 Å². The molecule has 144 valence electrons. The van der Waals surface area contributed by atoms with Gasteiger partial charge < -0.3 is 5.32 Å². The molecule has 1 amide bonds. The Morgan fingerprint density at radius 2 is 1.85 bits per heavy atom. The fraction of sp³-hybridized carbons (Fsp3) is 0.458. The van der Waals surface area contributed by atoms with Crippen LogP contribution in [0.2, 0.25) is 0 Å². The minimum atomic E-state index is 0.000528. The summed E-state index contributed by atoms with van der Waals surface area (Å²) in [6.45, 7) is 9.85. The minimum Gasteiger partial charge on any atom is -0.345 e. The molecular formula is C24H32N2O. The summed E-state index contributed by atoms with van der Waals surface area (Å²) in [7, 11) is 0. The molecule has 2 atom stereocenters. The lowest BCUT2D eigenvalue weighted by Gasteiger charge is -2.30. The molecule has 1 N–H and O–H groups in total. The molecule has 0 aliphatic carbocycles. The Morgan fingerprint density at radius 3 is 2.48 bits per heavy atom. The zero-order valence-electron chi connectivity index (χ0n) is 16.9. The van der Waals surface area contributed by atoms with Gasteiger partial charge >= 0.3 is 0 Å². The van der Waals surface area contributed by atoms with Gasteiger partial charge in [-0.2, -0.15) is 0 Å². The van der Waals surface area contributed by atoms with E-state index in [0.717, 1.165) is 30.0 Å². The van der Waals surface area contributed by atoms with Gasteiger partial charge in [-0.3, -0.25) is 9.69 Å². The summed E-state index contributed by atoms with van der Waals surface area (Å²) in [6.07, 6.45) is 3.51. The summed E-state index contributed by atoms with van der Waals surface area (Å²) in [5.74, 6) is 0.789. The van der Waals surface area contributed by atoms with Crippen LogP contribution in [-0.4, -0.2) is 23.9 Å². The first-order chi connectivity index (χ1) is 13.0. The topological polar surface area (TPSA) is 32.3 Å². The van der Waals surface area contributed by atoms with Crippen molar-refractivity contribution in [3.05, 3.63) is 70.8 Å². The highest BCUT2D eigenvalue weighted by molar-refractivity contribution is 5.94. The van der Waals surface area contributed by atoms with E-state index < -0.39 is 0 Å². The molecule has 0 bridgehead atoms. The van der Waals surface area contributed by atoms with E-state index in [1.54, 1.807) is 0 Å². The van der Waals surface area contributed by atoms with Crippen molar-refractivity contribution in [1.29, 1.82) is 0 Å². The van der Waals surface area contributed by atoms with E-state index >= 15 is 0 Å². The molecule has 27 heavy (non-hydrogen) atoms. The molecule has 0 unspecified atom stereocenters. The van der Waals surface area contributed by atoms with Gasteiger partial charge in [0.2, 0.25) is 0 Å². The lowest BCUT2D eigenvalue weighted by molar-refractivity contribution is 0.0935. The number of benzene rings is 2. The first kappa shape index (κ1) is 19.6. The van der Waals surface area contributed by atoms with Gasteiger partial charge in [-0.25, -0.2) is 0 Å². The fourth-order valence-electron chi connectivity index (χ4n) is 3.91. The third-order valence-electron chi connectivity index (χ3n) is 5.56. The minimum absolute atomic E-state index is 0.000528. The molecular weight excluding hydrogens is 332 g/mol. The number of carbonyl (C=O) groups excluding carboxylic acids is 1. The number of likely N-dealkylation sites (tertiary alicyclic amines) is 1. The number of carbonyl (C=O) groups is 1. The zero-order chi connectivity index (χ0) is 19.2. The summed E-state index contributed by atoms with van der Waals surface area (Å²) in [5.41, 5.74) is 4.41. The Bertz CT molecular complexity index is 736. The maximum atomic E-state index is 12.7. The molecule has 1 heterocycles. The van der Waals surface area contributed by atoms with Crippen LogP contribution in [0, 0.1) is 12.8 Å². The van der Waals surface area contributed by atoms with Crippen molar-refractivity contribution in [3.63, 3.8) is 0 Å². The summed E-state index contributed by atoms with van der Waals surface area (Å²) in [6, 6.07) is 16.6. The van der Waals surface area contributed by atoms with Gasteiger partial charge in [0.05, 0.1) is 6.04 Å². The van der Waals surface area contributed by atoms with Crippen LogP contribution < -0.4 is 5.32 Å². The number of rotatable bonds is 6. The van der Waals surface area contributed by atoms with E-state index in [0.29, 0.717) is 0 Å². The van der Waals surface area contributed by atoms with Crippen LogP contribution in [-0.2, 0) is 6.54 Å². The molecule has 0 spiro atoms. The highest BCUT2D eigenvalue weighted by Crippen LogP contribution is 2.20. The lowest BCUT2D eigenvalue weighted by Crippen LogP contribution is -2.33. The van der Waals surface area contributed by atoms with Crippen LogP contribution in [0.5, 0.6) is 0 Å². The number of hydrogen-bond acceptors (Lipinski definition) is 2. The van der Waals surface area contributed by atoms with Gasteiger partial charge in [0.15, 0.2) is 0 Å². The Kier molecular flexibility index (Phi) is 6.68. The quantitative estimate of drug-likeness (QED) is 0.773. The Hall–Kier alpha value is -2.13. The van der Waals surface area contributed by atoms with Crippen LogP contribution in [0.15, 0.2) is 48.5 Å². The second kappa shape index (κ2) is 9.18. The molecule has 1 fully saturated rings. The van der Waals surface area contributed by atoms with Crippen molar-refractivity contribution in [2.45, 2.75) is 52.6 Å². The highest BCUT2D eigenvalue weighted by atomic mass is 16.1. The SMILES string of the molecule is CC[C@@H](NC(=O)c1ccc(CN2CCC[C@H](C)C2)cc1)c1ccc(C)cc1. The fourth-order valence-corrected chi connectivity index (χ4v) is 3.91. The molecule has 2 aromatic rings. The number of piperidine rings is 1. The average molecular weight is 365 g/mol. The number of nitrogens with one attached hydrogen (secondary N) is 1. The highest BCUT2D eigenvalue weighted by Gasteiger charge is 2.17. The van der Waals surface area contributed by atoms with Gasteiger partial charge in [-0.1, -0.05) is 55.8 Å². The maximum Gasteiger partial charge on any atom is 0.251 e. The van der Waals surface area contributed by atoms with Gasteiger partial charge in [0, 0.05) is 18.7 Å². The van der Waals surface area contributed by atoms with Crippen molar-refractivity contribution in [2.24, 2.45) is 5.92 Å². The van der Waals surface area contributed by atoms with Crippen LogP contribution >= 0.6 is 0 Å². The molecule has 0 aromatic heterocycles. The van der Waals surface area contributed by atoms with Crippen molar-refractivity contribution in [3.8, 4) is 0 Å². The smallest absolute Gasteiger partial charge is 0.251 e. The number of hydrogen-bond donors (Lipinski definition) is 1. The van der Waals surface area contributed by atoms with E-state index in [9.17, 15) is 4.79 Å². The summed E-state index contributed by atoms with van der Waals surface area (Å²) < 4.78 is 0. The molecule has 3 nitrogen and oxygen atoms in total. The van der Waals surface area contributed by atoms with E-state index in [2.05, 4.69) is 67.4 Å². The number of amides is 1. The molecule has 1 saturated heterocycles. The van der Waals surface area contributed by atoms with Crippen LogP contribution in [0.25, 0.3) is 0 Å². The third-order valence-corrected chi connectivity index (χ3v) is 5.56. The van der Waals surface area contributed by atoms with Crippen LogP contribution in [0.1, 0.15) is 66.2 Å².